The molecule has 0 aliphatic heterocycles. The van der Waals surface area contributed by atoms with E-state index in [2.05, 4.69) is 20.8 Å². The standard InChI is InChI=1S/C11H20O2/c1-4-9(2)8-10(3)6-5-7-11(12)13/h5,7,9-10H,4,6,8H2,1-3H3,(H,12,13). The molecule has 0 aromatic rings. The molecule has 2 unspecified atom stereocenters. The molecule has 0 aromatic carbocycles. The van der Waals surface area contributed by atoms with Crippen molar-refractivity contribution in [3.05, 3.63) is 12.2 Å². The smallest absolute Gasteiger partial charge is 0.327 e. The largest absolute Gasteiger partial charge is 0.478 e. The Morgan fingerprint density at radius 1 is 1.38 bits per heavy atom. The zero-order valence-corrected chi connectivity index (χ0v) is 8.79. The quantitative estimate of drug-likeness (QED) is 0.644. The van der Waals surface area contributed by atoms with E-state index in [0.717, 1.165) is 12.3 Å². The van der Waals surface area contributed by atoms with Crippen molar-refractivity contribution in [2.75, 3.05) is 0 Å². The zero-order valence-electron chi connectivity index (χ0n) is 8.79. The molecule has 0 aliphatic carbocycles. The summed E-state index contributed by atoms with van der Waals surface area (Å²) in [5, 5.41) is 8.37. The van der Waals surface area contributed by atoms with Gasteiger partial charge in [-0.1, -0.05) is 33.3 Å². The average Bonchev–Trinajstić information content (AvgIpc) is 2.03. The highest BCUT2D eigenvalue weighted by atomic mass is 16.4. The van der Waals surface area contributed by atoms with E-state index in [4.69, 9.17) is 5.11 Å². The lowest BCUT2D eigenvalue weighted by molar-refractivity contribution is -0.131. The Balaban J connectivity index is 3.62. The minimum Gasteiger partial charge on any atom is -0.478 e. The van der Waals surface area contributed by atoms with Gasteiger partial charge in [0.25, 0.3) is 0 Å². The van der Waals surface area contributed by atoms with Gasteiger partial charge in [-0.05, 0) is 24.7 Å². The Labute approximate surface area is 80.7 Å². The number of hydrogen-bond donors (Lipinski definition) is 1. The van der Waals surface area contributed by atoms with E-state index < -0.39 is 5.97 Å². The Morgan fingerprint density at radius 3 is 2.46 bits per heavy atom. The van der Waals surface area contributed by atoms with Crippen LogP contribution in [-0.2, 0) is 4.79 Å². The van der Waals surface area contributed by atoms with Crippen LogP contribution in [0.15, 0.2) is 12.2 Å². The van der Waals surface area contributed by atoms with Crippen LogP contribution in [0.1, 0.15) is 40.0 Å². The van der Waals surface area contributed by atoms with Gasteiger partial charge in [0.1, 0.15) is 0 Å². The molecule has 0 spiro atoms. The fourth-order valence-electron chi connectivity index (χ4n) is 1.35. The van der Waals surface area contributed by atoms with Crippen LogP contribution < -0.4 is 0 Å². The first-order chi connectivity index (χ1) is 6.06. The van der Waals surface area contributed by atoms with E-state index in [-0.39, 0.29) is 0 Å². The predicted octanol–water partition coefficient (Wildman–Crippen LogP) is 3.09. The van der Waals surface area contributed by atoms with E-state index in [1.165, 1.54) is 18.9 Å². The number of carboxylic acid groups (broad SMARTS) is 1. The molecule has 2 heteroatoms. The first kappa shape index (κ1) is 12.2. The summed E-state index contributed by atoms with van der Waals surface area (Å²) in [6.07, 6.45) is 6.23. The maximum Gasteiger partial charge on any atom is 0.327 e. The predicted molar refractivity (Wildman–Crippen MR) is 54.6 cm³/mol. The third-order valence-corrected chi connectivity index (χ3v) is 2.30. The Bertz CT molecular complexity index is 173. The third kappa shape index (κ3) is 7.57. The molecule has 2 atom stereocenters. The van der Waals surface area contributed by atoms with Crippen molar-refractivity contribution in [1.29, 1.82) is 0 Å². The van der Waals surface area contributed by atoms with Gasteiger partial charge in [-0.3, -0.25) is 0 Å². The lowest BCUT2D eigenvalue weighted by Crippen LogP contribution is -2.01. The van der Waals surface area contributed by atoms with Crippen molar-refractivity contribution in [3.63, 3.8) is 0 Å². The molecule has 0 aliphatic rings. The molecule has 0 saturated heterocycles. The molecule has 76 valence electrons. The fraction of sp³-hybridized carbons (Fsp3) is 0.727. The minimum atomic E-state index is -0.851. The van der Waals surface area contributed by atoms with Gasteiger partial charge >= 0.3 is 5.97 Å². The maximum absolute atomic E-state index is 10.2. The lowest BCUT2D eigenvalue weighted by Gasteiger charge is -2.13. The van der Waals surface area contributed by atoms with E-state index >= 15 is 0 Å². The number of rotatable bonds is 6. The van der Waals surface area contributed by atoms with Crippen molar-refractivity contribution in [2.45, 2.75) is 40.0 Å². The van der Waals surface area contributed by atoms with E-state index in [9.17, 15) is 4.79 Å². The topological polar surface area (TPSA) is 37.3 Å². The molecule has 0 fully saturated rings. The van der Waals surface area contributed by atoms with Crippen LogP contribution >= 0.6 is 0 Å². The third-order valence-electron chi connectivity index (χ3n) is 2.30. The average molecular weight is 184 g/mol. The van der Waals surface area contributed by atoms with Gasteiger partial charge in [0, 0.05) is 6.08 Å². The summed E-state index contributed by atoms with van der Waals surface area (Å²) >= 11 is 0. The van der Waals surface area contributed by atoms with Crippen LogP contribution in [0.5, 0.6) is 0 Å². The monoisotopic (exact) mass is 184 g/mol. The van der Waals surface area contributed by atoms with Crippen LogP contribution in [0.2, 0.25) is 0 Å². The fourth-order valence-corrected chi connectivity index (χ4v) is 1.35. The second-order valence-electron chi connectivity index (χ2n) is 3.83. The first-order valence-electron chi connectivity index (χ1n) is 4.95. The normalized spacial score (nSPS) is 15.9. The highest BCUT2D eigenvalue weighted by Gasteiger charge is 2.05. The summed E-state index contributed by atoms with van der Waals surface area (Å²) in [6.45, 7) is 6.58. The second kappa shape index (κ2) is 6.70. The molecule has 0 amide bonds. The number of carboxylic acids is 1. The number of hydrogen-bond acceptors (Lipinski definition) is 1. The van der Waals surface area contributed by atoms with Crippen molar-refractivity contribution in [2.24, 2.45) is 11.8 Å². The number of aliphatic carboxylic acids is 1. The van der Waals surface area contributed by atoms with Crippen molar-refractivity contribution >= 4 is 5.97 Å². The summed E-state index contributed by atoms with van der Waals surface area (Å²) < 4.78 is 0. The van der Waals surface area contributed by atoms with Crippen LogP contribution in [0.25, 0.3) is 0 Å². The molecule has 0 aromatic heterocycles. The van der Waals surface area contributed by atoms with Gasteiger partial charge in [-0.15, -0.1) is 0 Å². The van der Waals surface area contributed by atoms with Gasteiger partial charge in [0.2, 0.25) is 0 Å². The molecule has 1 N–H and O–H groups in total. The van der Waals surface area contributed by atoms with Gasteiger partial charge in [-0.2, -0.15) is 0 Å². The highest BCUT2D eigenvalue weighted by molar-refractivity contribution is 5.79. The van der Waals surface area contributed by atoms with Gasteiger partial charge in [-0.25, -0.2) is 4.79 Å². The van der Waals surface area contributed by atoms with Gasteiger partial charge in [0.05, 0.1) is 0 Å². The highest BCUT2D eigenvalue weighted by Crippen LogP contribution is 2.17. The summed E-state index contributed by atoms with van der Waals surface area (Å²) in [7, 11) is 0. The lowest BCUT2D eigenvalue weighted by atomic mass is 9.93. The van der Waals surface area contributed by atoms with Crippen molar-refractivity contribution in [1.82, 2.24) is 0 Å². The molecule has 0 radical (unpaired) electrons. The molecule has 0 bridgehead atoms. The van der Waals surface area contributed by atoms with Crippen LogP contribution in [-0.4, -0.2) is 11.1 Å². The molecule has 0 saturated carbocycles. The summed E-state index contributed by atoms with van der Waals surface area (Å²) in [6, 6.07) is 0. The number of allylic oxidation sites excluding steroid dienone is 1. The molecule has 0 rings (SSSR count). The molecule has 0 heterocycles. The zero-order chi connectivity index (χ0) is 10.3. The summed E-state index contributed by atoms with van der Waals surface area (Å²) in [5.74, 6) is 0.481. The Hall–Kier alpha value is -0.790. The SMILES string of the molecule is CCC(C)CC(C)CC=CC(=O)O. The second-order valence-corrected chi connectivity index (χ2v) is 3.83. The molecular formula is C11H20O2. The molecule has 2 nitrogen and oxygen atoms in total. The summed E-state index contributed by atoms with van der Waals surface area (Å²) in [4.78, 5) is 10.2. The first-order valence-corrected chi connectivity index (χ1v) is 4.95. The number of carbonyl (C=O) groups is 1. The van der Waals surface area contributed by atoms with Crippen LogP contribution in [0, 0.1) is 11.8 Å². The molecular weight excluding hydrogens is 164 g/mol. The Morgan fingerprint density at radius 2 is 2.00 bits per heavy atom. The van der Waals surface area contributed by atoms with Crippen LogP contribution in [0.3, 0.4) is 0 Å². The molecule has 13 heavy (non-hydrogen) atoms. The van der Waals surface area contributed by atoms with E-state index in [0.29, 0.717) is 5.92 Å². The van der Waals surface area contributed by atoms with Gasteiger partial charge < -0.3 is 5.11 Å². The van der Waals surface area contributed by atoms with Gasteiger partial charge in [0.15, 0.2) is 0 Å². The van der Waals surface area contributed by atoms with Crippen LogP contribution in [0.4, 0.5) is 0 Å². The minimum absolute atomic E-state index is 0.588. The van der Waals surface area contributed by atoms with E-state index in [1.54, 1.807) is 6.08 Å². The van der Waals surface area contributed by atoms with E-state index in [1.807, 2.05) is 0 Å². The maximum atomic E-state index is 10.2. The summed E-state index contributed by atoms with van der Waals surface area (Å²) in [5.41, 5.74) is 0. The van der Waals surface area contributed by atoms with Crippen molar-refractivity contribution < 1.29 is 9.90 Å². The Kier molecular flexibility index (Phi) is 6.29. The van der Waals surface area contributed by atoms with Crippen molar-refractivity contribution in [3.8, 4) is 0 Å².